The third-order valence-corrected chi connectivity index (χ3v) is 6.68. The van der Waals surface area contributed by atoms with Crippen LogP contribution in [0.25, 0.3) is 10.9 Å². The van der Waals surface area contributed by atoms with E-state index >= 15 is 0 Å². The number of para-hydroxylation sites is 1. The van der Waals surface area contributed by atoms with Gasteiger partial charge in [0, 0.05) is 51.4 Å². The van der Waals surface area contributed by atoms with Crippen LogP contribution in [-0.2, 0) is 12.3 Å². The van der Waals surface area contributed by atoms with Crippen LogP contribution < -0.4 is 5.32 Å². The van der Waals surface area contributed by atoms with Gasteiger partial charge in [-0.05, 0) is 43.7 Å². The van der Waals surface area contributed by atoms with Crippen LogP contribution in [0.15, 0.2) is 77.8 Å². The lowest BCUT2D eigenvalue weighted by Gasteiger charge is -2.09. The maximum Gasteiger partial charge on any atom is 0.251 e. The van der Waals surface area contributed by atoms with Gasteiger partial charge in [0.2, 0.25) is 0 Å². The molecule has 0 aliphatic rings. The van der Waals surface area contributed by atoms with E-state index < -0.39 is 0 Å². The minimum Gasteiger partial charge on any atom is -0.350 e. The SMILES string of the molecule is Cc1cc(C)cc(C(=O)NCCn2cc(SCc3ccccc3Cl)c3ccccc32)c1. The summed E-state index contributed by atoms with van der Waals surface area (Å²) in [5, 5.41) is 5.08. The van der Waals surface area contributed by atoms with E-state index in [1.165, 1.54) is 15.8 Å². The van der Waals surface area contributed by atoms with Gasteiger partial charge in [-0.15, -0.1) is 11.8 Å². The number of fused-ring (bicyclic) bond motifs is 1. The highest BCUT2D eigenvalue weighted by Crippen LogP contribution is 2.33. The first-order valence-electron chi connectivity index (χ1n) is 10.3. The number of amides is 1. The summed E-state index contributed by atoms with van der Waals surface area (Å²) in [6.07, 6.45) is 2.18. The first-order valence-corrected chi connectivity index (χ1v) is 11.7. The van der Waals surface area contributed by atoms with Crippen LogP contribution in [0.1, 0.15) is 27.0 Å². The predicted octanol–water partition coefficient (Wildman–Crippen LogP) is 6.63. The number of carbonyl (C=O) groups excluding carboxylic acids is 1. The fourth-order valence-corrected chi connectivity index (χ4v) is 5.16. The Morgan fingerprint density at radius 2 is 1.71 bits per heavy atom. The number of carbonyl (C=O) groups is 1. The van der Waals surface area contributed by atoms with Crippen molar-refractivity contribution in [2.75, 3.05) is 6.54 Å². The average Bonchev–Trinajstić information content (AvgIpc) is 3.10. The van der Waals surface area contributed by atoms with Crippen molar-refractivity contribution in [2.24, 2.45) is 0 Å². The van der Waals surface area contributed by atoms with E-state index in [1.54, 1.807) is 11.8 Å². The van der Waals surface area contributed by atoms with Gasteiger partial charge in [-0.3, -0.25) is 4.79 Å². The molecule has 0 aliphatic heterocycles. The Kier molecular flexibility index (Phi) is 6.69. The van der Waals surface area contributed by atoms with Crippen LogP contribution in [0.4, 0.5) is 0 Å². The Labute approximate surface area is 192 Å². The van der Waals surface area contributed by atoms with Crippen molar-refractivity contribution in [2.45, 2.75) is 31.0 Å². The molecule has 4 aromatic rings. The predicted molar refractivity (Wildman–Crippen MR) is 131 cm³/mol. The number of hydrogen-bond donors (Lipinski definition) is 1. The van der Waals surface area contributed by atoms with Crippen LogP contribution in [0.5, 0.6) is 0 Å². The van der Waals surface area contributed by atoms with Crippen molar-refractivity contribution in [1.82, 2.24) is 9.88 Å². The number of aromatic nitrogens is 1. The van der Waals surface area contributed by atoms with Crippen molar-refractivity contribution in [3.05, 3.63) is 100 Å². The normalized spacial score (nSPS) is 11.1. The van der Waals surface area contributed by atoms with E-state index in [9.17, 15) is 4.79 Å². The smallest absolute Gasteiger partial charge is 0.251 e. The lowest BCUT2D eigenvalue weighted by atomic mass is 10.1. The molecule has 3 nitrogen and oxygen atoms in total. The molecule has 5 heteroatoms. The second-order valence-corrected chi connectivity index (χ2v) is 9.14. The summed E-state index contributed by atoms with van der Waals surface area (Å²) < 4.78 is 2.21. The zero-order valence-electron chi connectivity index (χ0n) is 17.7. The molecule has 0 bridgehead atoms. The third-order valence-electron chi connectivity index (χ3n) is 5.22. The molecule has 0 saturated heterocycles. The molecule has 0 spiro atoms. The number of hydrogen-bond acceptors (Lipinski definition) is 2. The Morgan fingerprint density at radius 1 is 1.00 bits per heavy atom. The van der Waals surface area contributed by atoms with Crippen molar-refractivity contribution < 1.29 is 4.79 Å². The molecule has 0 unspecified atom stereocenters. The molecular formula is C26H25ClN2OS. The summed E-state index contributed by atoms with van der Waals surface area (Å²) in [4.78, 5) is 13.8. The summed E-state index contributed by atoms with van der Waals surface area (Å²) in [5.74, 6) is 0.786. The number of thioether (sulfide) groups is 1. The van der Waals surface area contributed by atoms with Crippen molar-refractivity contribution in [3.8, 4) is 0 Å². The average molecular weight is 449 g/mol. The molecular weight excluding hydrogens is 424 g/mol. The van der Waals surface area contributed by atoms with Crippen LogP contribution in [0.3, 0.4) is 0 Å². The second kappa shape index (κ2) is 9.63. The minimum atomic E-state index is -0.0309. The van der Waals surface area contributed by atoms with E-state index in [-0.39, 0.29) is 5.91 Å². The molecule has 1 aromatic heterocycles. The molecule has 158 valence electrons. The number of nitrogens with zero attached hydrogens (tertiary/aromatic N) is 1. The highest BCUT2D eigenvalue weighted by Gasteiger charge is 2.11. The first kappa shape index (κ1) is 21.5. The van der Waals surface area contributed by atoms with E-state index in [0.29, 0.717) is 18.7 Å². The topological polar surface area (TPSA) is 34.0 Å². The summed E-state index contributed by atoms with van der Waals surface area (Å²) >= 11 is 8.11. The van der Waals surface area contributed by atoms with Gasteiger partial charge in [0.25, 0.3) is 5.91 Å². The second-order valence-electron chi connectivity index (χ2n) is 7.72. The molecule has 4 rings (SSSR count). The first-order chi connectivity index (χ1) is 15.0. The van der Waals surface area contributed by atoms with Gasteiger partial charge >= 0.3 is 0 Å². The largest absolute Gasteiger partial charge is 0.350 e. The van der Waals surface area contributed by atoms with Gasteiger partial charge in [0.15, 0.2) is 0 Å². The quantitative estimate of drug-likeness (QED) is 0.322. The van der Waals surface area contributed by atoms with Gasteiger partial charge in [-0.2, -0.15) is 0 Å². The molecule has 0 fully saturated rings. The van der Waals surface area contributed by atoms with Gasteiger partial charge in [0.05, 0.1) is 0 Å². The molecule has 0 atom stereocenters. The van der Waals surface area contributed by atoms with Gasteiger partial charge in [0.1, 0.15) is 0 Å². The molecule has 0 saturated carbocycles. The highest BCUT2D eigenvalue weighted by molar-refractivity contribution is 7.98. The molecule has 31 heavy (non-hydrogen) atoms. The maximum absolute atomic E-state index is 12.6. The van der Waals surface area contributed by atoms with E-state index in [1.807, 2.05) is 44.2 Å². The number of nitrogens with one attached hydrogen (secondary N) is 1. The van der Waals surface area contributed by atoms with Crippen molar-refractivity contribution in [3.63, 3.8) is 0 Å². The summed E-state index contributed by atoms with van der Waals surface area (Å²) in [7, 11) is 0. The van der Waals surface area contributed by atoms with Gasteiger partial charge in [-0.25, -0.2) is 0 Å². The van der Waals surface area contributed by atoms with Gasteiger partial charge < -0.3 is 9.88 Å². The Morgan fingerprint density at radius 3 is 2.48 bits per heavy atom. The lowest BCUT2D eigenvalue weighted by Crippen LogP contribution is -2.27. The summed E-state index contributed by atoms with van der Waals surface area (Å²) in [6, 6.07) is 22.3. The summed E-state index contributed by atoms with van der Waals surface area (Å²) in [6.45, 7) is 5.30. The highest BCUT2D eigenvalue weighted by atomic mass is 35.5. The molecule has 0 radical (unpaired) electrons. The van der Waals surface area contributed by atoms with Crippen LogP contribution in [0.2, 0.25) is 5.02 Å². The monoisotopic (exact) mass is 448 g/mol. The van der Waals surface area contributed by atoms with Gasteiger partial charge in [-0.1, -0.05) is 65.2 Å². The van der Waals surface area contributed by atoms with E-state index in [0.717, 1.165) is 27.5 Å². The van der Waals surface area contributed by atoms with E-state index in [4.69, 9.17) is 11.6 Å². The Bertz CT molecular complexity index is 1210. The van der Waals surface area contributed by atoms with Crippen molar-refractivity contribution >= 4 is 40.2 Å². The molecule has 1 N–H and O–H groups in total. The molecule has 1 amide bonds. The number of halogens is 1. The zero-order chi connectivity index (χ0) is 21.8. The number of benzene rings is 3. The molecule has 1 heterocycles. The summed E-state index contributed by atoms with van der Waals surface area (Å²) in [5.41, 5.74) is 5.21. The molecule has 0 aliphatic carbocycles. The number of aryl methyl sites for hydroxylation is 2. The number of rotatable bonds is 7. The van der Waals surface area contributed by atoms with Crippen LogP contribution >= 0.6 is 23.4 Å². The fourth-order valence-electron chi connectivity index (χ4n) is 3.78. The minimum absolute atomic E-state index is 0.0309. The van der Waals surface area contributed by atoms with Crippen LogP contribution in [-0.4, -0.2) is 17.0 Å². The van der Waals surface area contributed by atoms with E-state index in [2.05, 4.69) is 52.5 Å². The van der Waals surface area contributed by atoms with Crippen molar-refractivity contribution in [1.29, 1.82) is 0 Å². The Hall–Kier alpha value is -2.69. The maximum atomic E-state index is 12.6. The standard InChI is InChI=1S/C26H25ClN2OS/c1-18-13-19(2)15-21(14-18)26(30)28-11-12-29-16-25(22-8-4-6-10-24(22)29)31-17-20-7-3-5-9-23(20)27/h3-10,13-16H,11-12,17H2,1-2H3,(H,28,30). The lowest BCUT2D eigenvalue weighted by molar-refractivity contribution is 0.0952. The third kappa shape index (κ3) is 5.15. The van der Waals surface area contributed by atoms with Crippen LogP contribution in [0, 0.1) is 13.8 Å². The Balaban J connectivity index is 1.45. The molecule has 3 aromatic carbocycles. The zero-order valence-corrected chi connectivity index (χ0v) is 19.3. The fraction of sp³-hybridized carbons (Fsp3) is 0.192.